The Labute approximate surface area is 76.3 Å². The second-order valence-corrected chi connectivity index (χ2v) is 3.95. The summed E-state index contributed by atoms with van der Waals surface area (Å²) in [5.74, 6) is 1.25. The van der Waals surface area contributed by atoms with E-state index in [0.29, 0.717) is 5.89 Å². The first kappa shape index (κ1) is 8.41. The topological polar surface area (TPSA) is 56.0 Å². The molecule has 0 atom stereocenters. The van der Waals surface area contributed by atoms with Crippen LogP contribution in [0.4, 0.5) is 0 Å². The van der Waals surface area contributed by atoms with Crippen molar-refractivity contribution >= 4 is 5.78 Å². The van der Waals surface area contributed by atoms with Gasteiger partial charge in [0.2, 0.25) is 5.89 Å². The van der Waals surface area contributed by atoms with Crippen molar-refractivity contribution in [3.8, 4) is 0 Å². The number of nitrogens with zero attached hydrogens (tertiary/aromatic N) is 2. The molecule has 0 radical (unpaired) electrons. The molecule has 0 aromatic carbocycles. The number of ketones is 1. The summed E-state index contributed by atoms with van der Waals surface area (Å²) in [7, 11) is 0. The normalized spacial score (nSPS) is 18.6. The van der Waals surface area contributed by atoms with E-state index in [-0.39, 0.29) is 17.6 Å². The van der Waals surface area contributed by atoms with Crippen LogP contribution < -0.4 is 0 Å². The second kappa shape index (κ2) is 2.65. The van der Waals surface area contributed by atoms with Gasteiger partial charge in [0.25, 0.3) is 0 Å². The van der Waals surface area contributed by atoms with Gasteiger partial charge in [-0.25, -0.2) is 0 Å². The van der Waals surface area contributed by atoms with Crippen LogP contribution >= 0.6 is 0 Å². The highest BCUT2D eigenvalue weighted by molar-refractivity contribution is 5.77. The minimum absolute atomic E-state index is 0.0520. The largest absolute Gasteiger partial charge is 0.339 e. The van der Waals surface area contributed by atoms with Gasteiger partial charge in [0.1, 0.15) is 5.78 Å². The third-order valence-electron chi connectivity index (χ3n) is 2.41. The Morgan fingerprint density at radius 3 is 2.85 bits per heavy atom. The average molecular weight is 180 g/mol. The van der Waals surface area contributed by atoms with Crippen molar-refractivity contribution in [3.05, 3.63) is 11.7 Å². The smallest absolute Gasteiger partial charge is 0.234 e. The summed E-state index contributed by atoms with van der Waals surface area (Å²) >= 11 is 0. The minimum atomic E-state index is 0.0520. The molecule has 70 valence electrons. The lowest BCUT2D eigenvalue weighted by Gasteiger charge is -1.96. The molecule has 0 bridgehead atoms. The van der Waals surface area contributed by atoms with Crippen molar-refractivity contribution in [1.29, 1.82) is 0 Å². The van der Waals surface area contributed by atoms with Crippen LogP contribution in [-0.2, 0) is 16.6 Å². The van der Waals surface area contributed by atoms with Gasteiger partial charge in [-0.15, -0.1) is 0 Å². The lowest BCUT2D eigenvalue weighted by Crippen LogP contribution is -2.03. The Morgan fingerprint density at radius 2 is 2.31 bits per heavy atom. The first-order chi connectivity index (χ1) is 6.10. The molecule has 0 N–H and O–H groups in total. The molecule has 1 aliphatic carbocycles. The van der Waals surface area contributed by atoms with E-state index in [1.54, 1.807) is 0 Å². The van der Waals surface area contributed by atoms with Crippen molar-refractivity contribution in [2.75, 3.05) is 0 Å². The lowest BCUT2D eigenvalue weighted by atomic mass is 10.1. The van der Waals surface area contributed by atoms with E-state index in [0.717, 1.165) is 18.7 Å². The molecule has 1 aromatic rings. The summed E-state index contributed by atoms with van der Waals surface area (Å²) < 4.78 is 4.96. The van der Waals surface area contributed by atoms with E-state index >= 15 is 0 Å². The number of carbonyl (C=O) groups is 1. The molecule has 2 rings (SSSR count). The van der Waals surface area contributed by atoms with E-state index in [2.05, 4.69) is 17.1 Å². The zero-order valence-corrected chi connectivity index (χ0v) is 7.83. The highest BCUT2D eigenvalue weighted by atomic mass is 16.5. The maximum absolute atomic E-state index is 10.8. The van der Waals surface area contributed by atoms with E-state index in [1.165, 1.54) is 6.92 Å². The van der Waals surface area contributed by atoms with E-state index in [4.69, 9.17) is 4.52 Å². The van der Waals surface area contributed by atoms with Gasteiger partial charge in [0.15, 0.2) is 5.82 Å². The molecule has 1 aliphatic rings. The number of aromatic nitrogens is 2. The van der Waals surface area contributed by atoms with Crippen LogP contribution in [0.2, 0.25) is 0 Å². The summed E-state index contributed by atoms with van der Waals surface area (Å²) in [6.45, 7) is 3.62. The summed E-state index contributed by atoms with van der Waals surface area (Å²) in [5, 5.41) is 3.86. The fraction of sp³-hybridized carbons (Fsp3) is 0.667. The molecule has 1 fully saturated rings. The van der Waals surface area contributed by atoms with Gasteiger partial charge in [-0.05, 0) is 19.8 Å². The van der Waals surface area contributed by atoms with Crippen LogP contribution in [0.5, 0.6) is 0 Å². The maximum atomic E-state index is 10.8. The fourth-order valence-electron chi connectivity index (χ4n) is 1.20. The molecule has 13 heavy (non-hydrogen) atoms. The first-order valence-corrected chi connectivity index (χ1v) is 4.43. The molecule has 0 aliphatic heterocycles. The molecule has 4 heteroatoms. The second-order valence-electron chi connectivity index (χ2n) is 3.95. The highest BCUT2D eigenvalue weighted by Gasteiger charge is 2.43. The monoisotopic (exact) mass is 180 g/mol. The number of carbonyl (C=O) groups excluding carboxylic acids is 1. The Bertz CT molecular complexity index is 339. The molecule has 0 amide bonds. The molecular formula is C9H12N2O2. The van der Waals surface area contributed by atoms with E-state index in [1.807, 2.05) is 0 Å². The lowest BCUT2D eigenvalue weighted by molar-refractivity contribution is -0.116. The number of hydrogen-bond donors (Lipinski definition) is 0. The molecule has 0 unspecified atom stereocenters. The summed E-state index contributed by atoms with van der Waals surface area (Å²) in [5.41, 5.74) is 0.124. The van der Waals surface area contributed by atoms with Crippen molar-refractivity contribution in [1.82, 2.24) is 10.1 Å². The van der Waals surface area contributed by atoms with Crippen LogP contribution in [0.3, 0.4) is 0 Å². The molecular weight excluding hydrogens is 168 g/mol. The molecule has 1 heterocycles. The SMILES string of the molecule is CC(=O)Cc1nc(C2(C)CC2)no1. The van der Waals surface area contributed by atoms with Crippen LogP contribution in [0.15, 0.2) is 4.52 Å². The van der Waals surface area contributed by atoms with Crippen molar-refractivity contribution in [3.63, 3.8) is 0 Å². The fourth-order valence-corrected chi connectivity index (χ4v) is 1.20. The molecule has 1 aromatic heterocycles. The van der Waals surface area contributed by atoms with Crippen molar-refractivity contribution in [2.45, 2.75) is 38.5 Å². The first-order valence-electron chi connectivity index (χ1n) is 4.43. The predicted molar refractivity (Wildman–Crippen MR) is 45.3 cm³/mol. The van der Waals surface area contributed by atoms with E-state index in [9.17, 15) is 4.79 Å². The van der Waals surface area contributed by atoms with E-state index < -0.39 is 0 Å². The zero-order chi connectivity index (χ0) is 9.47. The van der Waals surface area contributed by atoms with Gasteiger partial charge in [-0.2, -0.15) is 4.98 Å². The van der Waals surface area contributed by atoms with Gasteiger partial charge >= 0.3 is 0 Å². The third kappa shape index (κ3) is 1.61. The van der Waals surface area contributed by atoms with Crippen molar-refractivity contribution in [2.24, 2.45) is 0 Å². The Hall–Kier alpha value is -1.19. The van der Waals surface area contributed by atoms with Crippen LogP contribution in [-0.4, -0.2) is 15.9 Å². The van der Waals surface area contributed by atoms with Crippen molar-refractivity contribution < 1.29 is 9.32 Å². The molecule has 0 spiro atoms. The van der Waals surface area contributed by atoms with Crippen LogP contribution in [0, 0.1) is 0 Å². The minimum Gasteiger partial charge on any atom is -0.339 e. The average Bonchev–Trinajstić information content (AvgIpc) is 2.62. The summed E-state index contributed by atoms with van der Waals surface area (Å²) in [4.78, 5) is 14.9. The van der Waals surface area contributed by atoms with Crippen LogP contribution in [0.1, 0.15) is 38.4 Å². The number of rotatable bonds is 3. The van der Waals surface area contributed by atoms with Gasteiger partial charge in [0.05, 0.1) is 6.42 Å². The zero-order valence-electron chi connectivity index (χ0n) is 7.83. The molecule has 1 saturated carbocycles. The summed E-state index contributed by atoms with van der Waals surface area (Å²) in [6.07, 6.45) is 2.49. The third-order valence-corrected chi connectivity index (χ3v) is 2.41. The maximum Gasteiger partial charge on any atom is 0.234 e. The molecule has 0 saturated heterocycles. The van der Waals surface area contributed by atoms with Gasteiger partial charge in [-0.3, -0.25) is 4.79 Å². The quantitative estimate of drug-likeness (QED) is 0.702. The van der Waals surface area contributed by atoms with Gasteiger partial charge in [0, 0.05) is 5.41 Å². The Morgan fingerprint density at radius 1 is 1.62 bits per heavy atom. The van der Waals surface area contributed by atoms with Gasteiger partial charge < -0.3 is 4.52 Å². The van der Waals surface area contributed by atoms with Gasteiger partial charge in [-0.1, -0.05) is 12.1 Å². The Balaban J connectivity index is 2.14. The highest BCUT2D eigenvalue weighted by Crippen LogP contribution is 2.45. The predicted octanol–water partition coefficient (Wildman–Crippen LogP) is 1.25. The summed E-state index contributed by atoms with van der Waals surface area (Å²) in [6, 6.07) is 0. The standard InChI is InChI=1S/C9H12N2O2/c1-6(12)5-7-10-8(11-13-7)9(2)3-4-9/h3-5H2,1-2H3. The van der Waals surface area contributed by atoms with Crippen LogP contribution in [0.25, 0.3) is 0 Å². The number of Topliss-reactive ketones (excluding diaryl/α,β-unsaturated/α-hetero) is 1. The molecule has 4 nitrogen and oxygen atoms in total. The Kier molecular flexibility index (Phi) is 1.71. The number of hydrogen-bond acceptors (Lipinski definition) is 4.